The Kier molecular flexibility index (Phi) is 4.31. The third-order valence-electron chi connectivity index (χ3n) is 3.07. The van der Waals surface area contributed by atoms with E-state index in [2.05, 4.69) is 0 Å². The minimum atomic E-state index is -1.01. The van der Waals surface area contributed by atoms with Crippen molar-refractivity contribution in [3.63, 3.8) is 0 Å². The number of piperidine rings is 1. The molecule has 1 heterocycles. The maximum absolute atomic E-state index is 12.9. The van der Waals surface area contributed by atoms with Crippen molar-refractivity contribution in [1.29, 1.82) is 0 Å². The predicted octanol–water partition coefficient (Wildman–Crippen LogP) is 1.33. The summed E-state index contributed by atoms with van der Waals surface area (Å²) in [4.78, 5) is 13.4. The molecular formula is C13H15F2NO3. The average molecular weight is 271 g/mol. The van der Waals surface area contributed by atoms with Gasteiger partial charge in [-0.15, -0.1) is 0 Å². The normalized spacial score (nSPS) is 16.5. The summed E-state index contributed by atoms with van der Waals surface area (Å²) in [6, 6.07) is 3.13. The molecule has 19 heavy (non-hydrogen) atoms. The number of rotatable bonds is 3. The van der Waals surface area contributed by atoms with Gasteiger partial charge < -0.3 is 14.7 Å². The van der Waals surface area contributed by atoms with Gasteiger partial charge in [-0.1, -0.05) is 0 Å². The van der Waals surface area contributed by atoms with Gasteiger partial charge in [0.25, 0.3) is 5.91 Å². The summed E-state index contributed by atoms with van der Waals surface area (Å²) in [6.07, 6.45) is 0.754. The number of likely N-dealkylation sites (tertiary alicyclic amines) is 1. The van der Waals surface area contributed by atoms with Crippen LogP contribution in [0.1, 0.15) is 12.8 Å². The van der Waals surface area contributed by atoms with E-state index in [1.165, 1.54) is 6.07 Å². The number of nitrogens with zero attached hydrogens (tertiary/aromatic N) is 1. The van der Waals surface area contributed by atoms with Crippen LogP contribution in [0.4, 0.5) is 8.78 Å². The standard InChI is InChI=1S/C13H15F2NO3/c14-11-2-1-10(7-12(11)15)19-8-13(18)16-5-3-9(17)4-6-16/h1-2,7,9,17H,3-6,8H2. The van der Waals surface area contributed by atoms with Crippen LogP contribution >= 0.6 is 0 Å². The van der Waals surface area contributed by atoms with E-state index in [1.54, 1.807) is 4.90 Å². The second kappa shape index (κ2) is 5.97. The third-order valence-corrected chi connectivity index (χ3v) is 3.07. The monoisotopic (exact) mass is 271 g/mol. The molecule has 0 spiro atoms. The van der Waals surface area contributed by atoms with Crippen molar-refractivity contribution in [3.8, 4) is 5.75 Å². The van der Waals surface area contributed by atoms with Crippen molar-refractivity contribution in [2.75, 3.05) is 19.7 Å². The minimum absolute atomic E-state index is 0.115. The Morgan fingerprint density at radius 1 is 1.32 bits per heavy atom. The fourth-order valence-corrected chi connectivity index (χ4v) is 1.92. The van der Waals surface area contributed by atoms with Crippen LogP contribution in [0, 0.1) is 11.6 Å². The molecule has 1 aliphatic heterocycles. The highest BCUT2D eigenvalue weighted by atomic mass is 19.2. The van der Waals surface area contributed by atoms with E-state index in [9.17, 15) is 18.7 Å². The van der Waals surface area contributed by atoms with Gasteiger partial charge in [-0.3, -0.25) is 4.79 Å². The van der Waals surface area contributed by atoms with E-state index >= 15 is 0 Å². The Morgan fingerprint density at radius 3 is 2.63 bits per heavy atom. The molecule has 0 atom stereocenters. The largest absolute Gasteiger partial charge is 0.484 e. The van der Waals surface area contributed by atoms with E-state index < -0.39 is 11.6 Å². The summed E-state index contributed by atoms with van der Waals surface area (Å²) in [5.74, 6) is -2.07. The quantitative estimate of drug-likeness (QED) is 0.902. The lowest BCUT2D eigenvalue weighted by Gasteiger charge is -2.29. The summed E-state index contributed by atoms with van der Waals surface area (Å²) >= 11 is 0. The minimum Gasteiger partial charge on any atom is -0.484 e. The third kappa shape index (κ3) is 3.64. The van der Waals surface area contributed by atoms with Crippen molar-refractivity contribution in [3.05, 3.63) is 29.8 Å². The molecule has 1 amide bonds. The smallest absolute Gasteiger partial charge is 0.260 e. The zero-order valence-electron chi connectivity index (χ0n) is 10.3. The number of amides is 1. The number of halogens is 2. The molecule has 0 saturated carbocycles. The van der Waals surface area contributed by atoms with Gasteiger partial charge >= 0.3 is 0 Å². The molecule has 1 fully saturated rings. The summed E-state index contributed by atoms with van der Waals surface area (Å²) in [6.45, 7) is 0.753. The van der Waals surface area contributed by atoms with E-state index in [-0.39, 0.29) is 24.4 Å². The zero-order valence-corrected chi connectivity index (χ0v) is 10.3. The lowest BCUT2D eigenvalue weighted by molar-refractivity contribution is -0.135. The second-order valence-corrected chi connectivity index (χ2v) is 4.48. The number of aliphatic hydroxyl groups is 1. The maximum Gasteiger partial charge on any atom is 0.260 e. The van der Waals surface area contributed by atoms with Crippen molar-refractivity contribution < 1.29 is 23.4 Å². The van der Waals surface area contributed by atoms with Gasteiger partial charge in [0.15, 0.2) is 18.2 Å². The second-order valence-electron chi connectivity index (χ2n) is 4.48. The van der Waals surface area contributed by atoms with Crippen LogP contribution in [-0.2, 0) is 4.79 Å². The summed E-state index contributed by atoms with van der Waals surface area (Å²) in [7, 11) is 0. The highest BCUT2D eigenvalue weighted by molar-refractivity contribution is 5.77. The molecule has 1 N–H and O–H groups in total. The lowest BCUT2D eigenvalue weighted by Crippen LogP contribution is -2.42. The van der Waals surface area contributed by atoms with Crippen LogP contribution in [0.15, 0.2) is 18.2 Å². The van der Waals surface area contributed by atoms with Crippen LogP contribution in [0.5, 0.6) is 5.75 Å². The van der Waals surface area contributed by atoms with E-state index in [0.29, 0.717) is 25.9 Å². The highest BCUT2D eigenvalue weighted by Gasteiger charge is 2.21. The molecule has 0 unspecified atom stereocenters. The Balaban J connectivity index is 1.84. The van der Waals surface area contributed by atoms with Crippen LogP contribution < -0.4 is 4.74 Å². The molecule has 104 valence electrons. The summed E-state index contributed by atoms with van der Waals surface area (Å²) in [5, 5.41) is 9.33. The van der Waals surface area contributed by atoms with Crippen molar-refractivity contribution >= 4 is 5.91 Å². The molecular weight excluding hydrogens is 256 g/mol. The van der Waals surface area contributed by atoms with Gasteiger partial charge in [0, 0.05) is 19.2 Å². The first-order valence-electron chi connectivity index (χ1n) is 6.10. The molecule has 1 saturated heterocycles. The van der Waals surface area contributed by atoms with Crippen LogP contribution in [-0.4, -0.2) is 41.7 Å². The summed E-state index contributed by atoms with van der Waals surface area (Å²) in [5.41, 5.74) is 0. The molecule has 2 rings (SSSR count). The van der Waals surface area contributed by atoms with Crippen molar-refractivity contribution in [1.82, 2.24) is 4.90 Å². The number of carbonyl (C=O) groups excluding carboxylic acids is 1. The first-order chi connectivity index (χ1) is 9.06. The van der Waals surface area contributed by atoms with Crippen molar-refractivity contribution in [2.24, 2.45) is 0 Å². The fourth-order valence-electron chi connectivity index (χ4n) is 1.92. The van der Waals surface area contributed by atoms with Crippen LogP contribution in [0.25, 0.3) is 0 Å². The molecule has 0 aliphatic carbocycles. The average Bonchev–Trinajstić information content (AvgIpc) is 2.40. The van der Waals surface area contributed by atoms with Gasteiger partial charge in [-0.2, -0.15) is 0 Å². The molecule has 1 aromatic carbocycles. The first kappa shape index (κ1) is 13.7. The summed E-state index contributed by atoms with van der Waals surface area (Å²) < 4.78 is 30.7. The first-order valence-corrected chi connectivity index (χ1v) is 6.10. The Hall–Kier alpha value is -1.69. The Morgan fingerprint density at radius 2 is 2.00 bits per heavy atom. The predicted molar refractivity (Wildman–Crippen MR) is 63.7 cm³/mol. The lowest BCUT2D eigenvalue weighted by atomic mass is 10.1. The maximum atomic E-state index is 12.9. The topological polar surface area (TPSA) is 49.8 Å². The highest BCUT2D eigenvalue weighted by Crippen LogP contribution is 2.16. The van der Waals surface area contributed by atoms with Gasteiger partial charge in [-0.25, -0.2) is 8.78 Å². The van der Waals surface area contributed by atoms with Gasteiger partial charge in [-0.05, 0) is 25.0 Å². The van der Waals surface area contributed by atoms with Gasteiger partial charge in [0.2, 0.25) is 0 Å². The number of hydrogen-bond acceptors (Lipinski definition) is 3. The molecule has 0 bridgehead atoms. The number of carbonyl (C=O) groups is 1. The molecule has 1 aromatic rings. The van der Waals surface area contributed by atoms with Gasteiger partial charge in [0.1, 0.15) is 5.75 Å². The molecule has 4 nitrogen and oxygen atoms in total. The number of ether oxygens (including phenoxy) is 1. The SMILES string of the molecule is O=C(COc1ccc(F)c(F)c1)N1CCC(O)CC1. The zero-order chi connectivity index (χ0) is 13.8. The molecule has 0 aromatic heterocycles. The number of hydrogen-bond donors (Lipinski definition) is 1. The Labute approximate surface area is 109 Å². The van der Waals surface area contributed by atoms with Crippen molar-refractivity contribution in [2.45, 2.75) is 18.9 Å². The van der Waals surface area contributed by atoms with E-state index in [0.717, 1.165) is 12.1 Å². The van der Waals surface area contributed by atoms with E-state index in [4.69, 9.17) is 4.74 Å². The number of aliphatic hydroxyl groups excluding tert-OH is 1. The van der Waals surface area contributed by atoms with Gasteiger partial charge in [0.05, 0.1) is 6.10 Å². The molecule has 1 aliphatic rings. The molecule has 0 radical (unpaired) electrons. The Bertz CT molecular complexity index is 459. The fraction of sp³-hybridized carbons (Fsp3) is 0.462. The molecule has 6 heteroatoms. The van der Waals surface area contributed by atoms with Crippen LogP contribution in [0.3, 0.4) is 0 Å². The van der Waals surface area contributed by atoms with E-state index in [1.807, 2.05) is 0 Å². The number of benzene rings is 1. The van der Waals surface area contributed by atoms with Crippen LogP contribution in [0.2, 0.25) is 0 Å².